The van der Waals surface area contributed by atoms with Gasteiger partial charge in [-0.25, -0.2) is 0 Å². The third kappa shape index (κ3) is 3.11. The van der Waals surface area contributed by atoms with Crippen LogP contribution in [-0.4, -0.2) is 34.7 Å². The Balaban J connectivity index is 1.60. The monoisotopic (exact) mass is 290 g/mol. The second kappa shape index (κ2) is 6.52. The summed E-state index contributed by atoms with van der Waals surface area (Å²) in [4.78, 5) is 4.09. The summed E-state index contributed by atoms with van der Waals surface area (Å²) in [5.41, 5.74) is 2.42. The number of aromatic nitrogens is 2. The number of nitrogens with zero attached hydrogens (tertiary/aromatic N) is 2. The van der Waals surface area contributed by atoms with Crippen LogP contribution in [0.25, 0.3) is 0 Å². The van der Waals surface area contributed by atoms with Crippen molar-refractivity contribution in [2.75, 3.05) is 19.6 Å². The summed E-state index contributed by atoms with van der Waals surface area (Å²) in [6, 6.07) is 4.94. The van der Waals surface area contributed by atoms with Crippen molar-refractivity contribution in [1.29, 1.82) is 0 Å². The molecule has 1 aliphatic rings. The van der Waals surface area contributed by atoms with E-state index in [4.69, 9.17) is 0 Å². The van der Waals surface area contributed by atoms with Crippen molar-refractivity contribution in [3.63, 3.8) is 0 Å². The van der Waals surface area contributed by atoms with Gasteiger partial charge in [0, 0.05) is 29.2 Å². The Hall–Kier alpha value is -1.17. The van der Waals surface area contributed by atoms with Crippen LogP contribution in [0, 0.1) is 6.92 Å². The minimum absolute atomic E-state index is 0.518. The molecule has 0 amide bonds. The molecule has 5 heteroatoms. The maximum absolute atomic E-state index is 4.07. The zero-order valence-electron chi connectivity index (χ0n) is 11.9. The Morgan fingerprint density at radius 2 is 2.30 bits per heavy atom. The van der Waals surface area contributed by atoms with E-state index in [-0.39, 0.29) is 0 Å². The summed E-state index contributed by atoms with van der Waals surface area (Å²) in [6.45, 7) is 6.42. The standard InChI is InChI=1S/C15H22N4S/c1-12-13(10-17-18-12)9-16-11-14(15-5-4-8-20-15)19-6-2-3-7-19/h4-5,8,10,14,16H,2-3,6-7,9,11H2,1H3,(H,17,18)/t14-/m1/s1. The number of hydrogen-bond donors (Lipinski definition) is 2. The van der Waals surface area contributed by atoms with Crippen molar-refractivity contribution < 1.29 is 0 Å². The van der Waals surface area contributed by atoms with E-state index in [1.165, 1.54) is 36.4 Å². The van der Waals surface area contributed by atoms with E-state index < -0.39 is 0 Å². The molecular weight excluding hydrogens is 268 g/mol. The Morgan fingerprint density at radius 1 is 1.45 bits per heavy atom. The lowest BCUT2D eigenvalue weighted by Crippen LogP contribution is -2.33. The van der Waals surface area contributed by atoms with Crippen LogP contribution in [0.1, 0.15) is 35.0 Å². The van der Waals surface area contributed by atoms with Gasteiger partial charge in [0.15, 0.2) is 0 Å². The molecular formula is C15H22N4S. The number of nitrogens with one attached hydrogen (secondary N) is 2. The zero-order valence-corrected chi connectivity index (χ0v) is 12.7. The summed E-state index contributed by atoms with van der Waals surface area (Å²) in [7, 11) is 0. The fraction of sp³-hybridized carbons (Fsp3) is 0.533. The highest BCUT2D eigenvalue weighted by Gasteiger charge is 2.23. The topological polar surface area (TPSA) is 44.0 Å². The first-order chi connectivity index (χ1) is 9.84. The highest BCUT2D eigenvalue weighted by Crippen LogP contribution is 2.27. The summed E-state index contributed by atoms with van der Waals surface area (Å²) in [5.74, 6) is 0. The molecule has 3 rings (SSSR count). The van der Waals surface area contributed by atoms with Crippen LogP contribution in [0.15, 0.2) is 23.7 Å². The van der Waals surface area contributed by atoms with Gasteiger partial charge in [-0.2, -0.15) is 5.10 Å². The molecule has 0 aromatic carbocycles. The van der Waals surface area contributed by atoms with Gasteiger partial charge in [0.2, 0.25) is 0 Å². The van der Waals surface area contributed by atoms with Crippen molar-refractivity contribution in [2.45, 2.75) is 32.4 Å². The normalized spacial score (nSPS) is 17.6. The van der Waals surface area contributed by atoms with E-state index in [1.807, 2.05) is 17.5 Å². The summed E-state index contributed by atoms with van der Waals surface area (Å²) in [5, 5.41) is 12.8. The number of likely N-dealkylation sites (tertiary alicyclic amines) is 1. The maximum atomic E-state index is 4.07. The molecule has 1 saturated heterocycles. The van der Waals surface area contributed by atoms with Crippen LogP contribution in [-0.2, 0) is 6.54 Å². The van der Waals surface area contributed by atoms with Crippen LogP contribution in [0.4, 0.5) is 0 Å². The molecule has 2 aromatic heterocycles. The molecule has 0 unspecified atom stereocenters. The van der Waals surface area contributed by atoms with Gasteiger partial charge in [-0.15, -0.1) is 11.3 Å². The lowest BCUT2D eigenvalue weighted by atomic mass is 10.2. The third-order valence-corrected chi connectivity index (χ3v) is 5.01. The Labute approximate surface area is 124 Å². The van der Waals surface area contributed by atoms with Gasteiger partial charge in [-0.1, -0.05) is 6.07 Å². The zero-order chi connectivity index (χ0) is 13.8. The second-order valence-electron chi connectivity index (χ2n) is 5.43. The predicted molar refractivity (Wildman–Crippen MR) is 82.9 cm³/mol. The Bertz CT molecular complexity index is 514. The van der Waals surface area contributed by atoms with Gasteiger partial charge in [0.05, 0.1) is 12.2 Å². The van der Waals surface area contributed by atoms with Crippen molar-refractivity contribution >= 4 is 11.3 Å². The molecule has 0 radical (unpaired) electrons. The van der Waals surface area contributed by atoms with Crippen LogP contribution in [0.3, 0.4) is 0 Å². The van der Waals surface area contributed by atoms with Crippen molar-refractivity contribution in [1.82, 2.24) is 20.4 Å². The second-order valence-corrected chi connectivity index (χ2v) is 6.40. The number of aryl methyl sites for hydroxylation is 1. The van der Waals surface area contributed by atoms with Crippen LogP contribution in [0.5, 0.6) is 0 Å². The molecule has 20 heavy (non-hydrogen) atoms. The van der Waals surface area contributed by atoms with Gasteiger partial charge >= 0.3 is 0 Å². The maximum Gasteiger partial charge on any atom is 0.0566 e. The minimum atomic E-state index is 0.518. The Kier molecular flexibility index (Phi) is 4.50. The van der Waals surface area contributed by atoms with Gasteiger partial charge in [0.1, 0.15) is 0 Å². The summed E-state index contributed by atoms with van der Waals surface area (Å²) < 4.78 is 0. The molecule has 2 N–H and O–H groups in total. The summed E-state index contributed by atoms with van der Waals surface area (Å²) in [6.07, 6.45) is 4.59. The average Bonchev–Trinajstić information content (AvgIpc) is 3.18. The Morgan fingerprint density at radius 3 is 2.95 bits per heavy atom. The molecule has 3 heterocycles. The predicted octanol–water partition coefficient (Wildman–Crippen LogP) is 2.71. The van der Waals surface area contributed by atoms with E-state index in [0.29, 0.717) is 6.04 Å². The largest absolute Gasteiger partial charge is 0.311 e. The lowest BCUT2D eigenvalue weighted by Gasteiger charge is -2.27. The van der Waals surface area contributed by atoms with Crippen molar-refractivity contribution in [2.24, 2.45) is 0 Å². The van der Waals surface area contributed by atoms with Gasteiger partial charge < -0.3 is 5.32 Å². The van der Waals surface area contributed by atoms with Crippen LogP contribution in [0.2, 0.25) is 0 Å². The molecule has 108 valence electrons. The quantitative estimate of drug-likeness (QED) is 0.860. The first-order valence-electron chi connectivity index (χ1n) is 7.31. The summed E-state index contributed by atoms with van der Waals surface area (Å²) >= 11 is 1.87. The van der Waals surface area contributed by atoms with E-state index >= 15 is 0 Å². The highest BCUT2D eigenvalue weighted by atomic mass is 32.1. The van der Waals surface area contributed by atoms with E-state index in [2.05, 4.69) is 44.9 Å². The number of hydrogen-bond acceptors (Lipinski definition) is 4. The van der Waals surface area contributed by atoms with Crippen molar-refractivity contribution in [3.8, 4) is 0 Å². The van der Waals surface area contributed by atoms with Gasteiger partial charge in [0.25, 0.3) is 0 Å². The number of H-pyrrole nitrogens is 1. The molecule has 1 fully saturated rings. The number of rotatable bonds is 6. The minimum Gasteiger partial charge on any atom is -0.311 e. The van der Waals surface area contributed by atoms with Crippen molar-refractivity contribution in [3.05, 3.63) is 39.8 Å². The van der Waals surface area contributed by atoms with Gasteiger partial charge in [-0.05, 0) is 44.3 Å². The van der Waals surface area contributed by atoms with E-state index in [0.717, 1.165) is 18.8 Å². The highest BCUT2D eigenvalue weighted by molar-refractivity contribution is 7.10. The molecule has 0 bridgehead atoms. The van der Waals surface area contributed by atoms with Gasteiger partial charge in [-0.3, -0.25) is 10.00 Å². The average molecular weight is 290 g/mol. The molecule has 1 aliphatic heterocycles. The van der Waals surface area contributed by atoms with E-state index in [1.54, 1.807) is 0 Å². The smallest absolute Gasteiger partial charge is 0.0566 e. The lowest BCUT2D eigenvalue weighted by molar-refractivity contribution is 0.241. The fourth-order valence-corrected chi connectivity index (χ4v) is 3.70. The first kappa shape index (κ1) is 13.8. The molecule has 1 atom stereocenters. The first-order valence-corrected chi connectivity index (χ1v) is 8.19. The fourth-order valence-electron chi connectivity index (χ4n) is 2.84. The molecule has 2 aromatic rings. The molecule has 0 spiro atoms. The number of aromatic amines is 1. The van der Waals surface area contributed by atoms with E-state index in [9.17, 15) is 0 Å². The van der Waals surface area contributed by atoms with Crippen LogP contribution >= 0.6 is 11.3 Å². The molecule has 0 saturated carbocycles. The molecule has 4 nitrogen and oxygen atoms in total. The molecule has 0 aliphatic carbocycles. The number of thiophene rings is 1. The SMILES string of the molecule is Cc1[nH]ncc1CNC[C@H](c1cccs1)N1CCCC1. The van der Waals surface area contributed by atoms with Crippen LogP contribution < -0.4 is 5.32 Å². The third-order valence-electron chi connectivity index (χ3n) is 4.04.